The van der Waals surface area contributed by atoms with Gasteiger partial charge in [-0.2, -0.15) is 0 Å². The monoisotopic (exact) mass is 380 g/mol. The summed E-state index contributed by atoms with van der Waals surface area (Å²) in [6.45, 7) is 7.49. The number of amides is 1. The molecule has 0 aromatic heterocycles. The smallest absolute Gasteiger partial charge is 0.240 e. The molecule has 152 valence electrons. The van der Waals surface area contributed by atoms with Gasteiger partial charge in [-0.1, -0.05) is 13.8 Å². The van der Waals surface area contributed by atoms with Gasteiger partial charge in [-0.3, -0.25) is 4.79 Å². The van der Waals surface area contributed by atoms with Crippen LogP contribution in [0.25, 0.3) is 0 Å². The number of carbonyl (C=O) groups excluding carboxylic acids is 1. The van der Waals surface area contributed by atoms with Crippen LogP contribution in [-0.2, 0) is 9.53 Å². The zero-order valence-corrected chi connectivity index (χ0v) is 17.0. The molecule has 1 saturated carbocycles. The van der Waals surface area contributed by atoms with Crippen molar-refractivity contribution in [3.63, 3.8) is 0 Å². The van der Waals surface area contributed by atoms with Gasteiger partial charge in [0.15, 0.2) is 0 Å². The van der Waals surface area contributed by atoms with E-state index < -0.39 is 5.54 Å². The fourth-order valence-electron chi connectivity index (χ4n) is 3.31. The van der Waals surface area contributed by atoms with Crippen LogP contribution in [0.4, 0.5) is 0 Å². The van der Waals surface area contributed by atoms with Gasteiger partial charge < -0.3 is 30.0 Å². The van der Waals surface area contributed by atoms with E-state index in [2.05, 4.69) is 5.32 Å². The SMILES string of the molecule is CCOC1CC(N)(C(=O)NCCCOc2cc(OC)cc(OC)c2)C1(C)C. The summed E-state index contributed by atoms with van der Waals surface area (Å²) in [6, 6.07) is 5.37. The lowest BCUT2D eigenvalue weighted by molar-refractivity contribution is -0.170. The highest BCUT2D eigenvalue weighted by atomic mass is 16.5. The Bertz CT molecular complexity index is 627. The molecule has 2 atom stereocenters. The lowest BCUT2D eigenvalue weighted by Crippen LogP contribution is -2.75. The summed E-state index contributed by atoms with van der Waals surface area (Å²) in [5.41, 5.74) is 5.08. The van der Waals surface area contributed by atoms with Crippen molar-refractivity contribution in [2.75, 3.05) is 34.0 Å². The van der Waals surface area contributed by atoms with Crippen LogP contribution in [0.5, 0.6) is 17.2 Å². The molecule has 27 heavy (non-hydrogen) atoms. The van der Waals surface area contributed by atoms with Crippen molar-refractivity contribution in [2.45, 2.75) is 45.3 Å². The Kier molecular flexibility index (Phi) is 6.95. The third kappa shape index (κ3) is 4.47. The second kappa shape index (κ2) is 8.80. The predicted octanol–water partition coefficient (Wildman–Crippen LogP) is 2.12. The van der Waals surface area contributed by atoms with Crippen molar-refractivity contribution in [1.82, 2.24) is 5.32 Å². The molecule has 2 unspecified atom stereocenters. The van der Waals surface area contributed by atoms with Crippen LogP contribution in [0.3, 0.4) is 0 Å². The molecule has 0 spiro atoms. The topological polar surface area (TPSA) is 92.0 Å². The number of hydrogen-bond donors (Lipinski definition) is 2. The largest absolute Gasteiger partial charge is 0.496 e. The molecule has 0 saturated heterocycles. The number of rotatable bonds is 10. The Morgan fingerprint density at radius 3 is 2.30 bits per heavy atom. The minimum absolute atomic E-state index is 0.0182. The third-order valence-electron chi connectivity index (χ3n) is 5.44. The summed E-state index contributed by atoms with van der Waals surface area (Å²) < 4.78 is 21.8. The molecular formula is C20H32N2O5. The van der Waals surface area contributed by atoms with Crippen LogP contribution in [0.15, 0.2) is 18.2 Å². The Balaban J connectivity index is 1.77. The molecule has 1 fully saturated rings. The average molecular weight is 380 g/mol. The van der Waals surface area contributed by atoms with E-state index in [9.17, 15) is 4.79 Å². The molecule has 2 rings (SSSR count). The first-order chi connectivity index (χ1) is 12.8. The molecule has 0 radical (unpaired) electrons. The number of methoxy groups -OCH3 is 2. The van der Waals surface area contributed by atoms with Crippen molar-refractivity contribution < 1.29 is 23.7 Å². The Hall–Kier alpha value is -1.99. The Morgan fingerprint density at radius 2 is 1.78 bits per heavy atom. The molecule has 0 aliphatic heterocycles. The van der Waals surface area contributed by atoms with E-state index in [4.69, 9.17) is 24.7 Å². The van der Waals surface area contributed by atoms with Crippen molar-refractivity contribution in [3.8, 4) is 17.2 Å². The predicted molar refractivity (Wildman–Crippen MR) is 103 cm³/mol. The second-order valence-corrected chi connectivity index (χ2v) is 7.35. The van der Waals surface area contributed by atoms with E-state index in [0.717, 1.165) is 0 Å². The Morgan fingerprint density at radius 1 is 1.19 bits per heavy atom. The van der Waals surface area contributed by atoms with Gasteiger partial charge in [0.05, 0.1) is 26.9 Å². The first-order valence-corrected chi connectivity index (χ1v) is 9.33. The van der Waals surface area contributed by atoms with Gasteiger partial charge in [-0.25, -0.2) is 0 Å². The fourth-order valence-corrected chi connectivity index (χ4v) is 3.31. The van der Waals surface area contributed by atoms with E-state index in [1.165, 1.54) is 0 Å². The maximum Gasteiger partial charge on any atom is 0.240 e. The van der Waals surface area contributed by atoms with Gasteiger partial charge in [0.1, 0.15) is 22.8 Å². The molecule has 0 heterocycles. The van der Waals surface area contributed by atoms with Crippen molar-refractivity contribution in [2.24, 2.45) is 11.1 Å². The maximum atomic E-state index is 12.5. The molecule has 0 bridgehead atoms. The number of hydrogen-bond acceptors (Lipinski definition) is 6. The van der Waals surface area contributed by atoms with E-state index in [1.807, 2.05) is 20.8 Å². The number of carbonyl (C=O) groups is 1. The third-order valence-corrected chi connectivity index (χ3v) is 5.44. The lowest BCUT2D eigenvalue weighted by Gasteiger charge is -2.57. The molecule has 1 aliphatic carbocycles. The molecule has 7 heteroatoms. The fraction of sp³-hybridized carbons (Fsp3) is 0.650. The van der Waals surface area contributed by atoms with E-state index in [0.29, 0.717) is 49.8 Å². The molecule has 1 aromatic rings. The number of nitrogens with one attached hydrogen (secondary N) is 1. The molecule has 7 nitrogen and oxygen atoms in total. The van der Waals surface area contributed by atoms with Gasteiger partial charge in [-0.15, -0.1) is 0 Å². The molecular weight excluding hydrogens is 348 g/mol. The maximum absolute atomic E-state index is 12.5. The van der Waals surface area contributed by atoms with E-state index in [1.54, 1.807) is 32.4 Å². The van der Waals surface area contributed by atoms with Crippen LogP contribution in [-0.4, -0.2) is 51.5 Å². The number of ether oxygens (including phenoxy) is 4. The van der Waals surface area contributed by atoms with Crippen LogP contribution in [0.1, 0.15) is 33.6 Å². The summed E-state index contributed by atoms with van der Waals surface area (Å²) in [7, 11) is 3.18. The van der Waals surface area contributed by atoms with Crippen LogP contribution < -0.4 is 25.3 Å². The standard InChI is InChI=1S/C20H32N2O5/c1-6-26-17-13-20(21,19(17,2)3)18(23)22-8-7-9-27-16-11-14(24-4)10-15(12-16)25-5/h10-12,17H,6-9,13,21H2,1-5H3,(H,22,23). The average Bonchev–Trinajstić information content (AvgIpc) is 2.66. The van der Waals surface area contributed by atoms with Gasteiger partial charge in [0.25, 0.3) is 0 Å². The highest BCUT2D eigenvalue weighted by molar-refractivity contribution is 5.88. The van der Waals surface area contributed by atoms with Crippen molar-refractivity contribution >= 4 is 5.91 Å². The van der Waals surface area contributed by atoms with Gasteiger partial charge in [0, 0.05) is 43.2 Å². The summed E-state index contributed by atoms with van der Waals surface area (Å²) in [4.78, 5) is 12.5. The number of benzene rings is 1. The van der Waals surface area contributed by atoms with Crippen LogP contribution >= 0.6 is 0 Å². The minimum Gasteiger partial charge on any atom is -0.496 e. The van der Waals surface area contributed by atoms with E-state index in [-0.39, 0.29) is 17.4 Å². The van der Waals surface area contributed by atoms with Crippen molar-refractivity contribution in [3.05, 3.63) is 18.2 Å². The second-order valence-electron chi connectivity index (χ2n) is 7.35. The van der Waals surface area contributed by atoms with Crippen LogP contribution in [0.2, 0.25) is 0 Å². The summed E-state index contributed by atoms with van der Waals surface area (Å²) in [6.07, 6.45) is 1.22. The minimum atomic E-state index is -0.895. The zero-order valence-electron chi connectivity index (χ0n) is 17.0. The first-order valence-electron chi connectivity index (χ1n) is 9.33. The highest BCUT2D eigenvalue weighted by Gasteiger charge is 2.62. The lowest BCUT2D eigenvalue weighted by atomic mass is 9.54. The zero-order chi connectivity index (χ0) is 20.1. The molecule has 3 N–H and O–H groups in total. The van der Waals surface area contributed by atoms with E-state index >= 15 is 0 Å². The van der Waals surface area contributed by atoms with Gasteiger partial charge in [0.2, 0.25) is 5.91 Å². The van der Waals surface area contributed by atoms with Gasteiger partial charge >= 0.3 is 0 Å². The normalized spacial score (nSPS) is 23.3. The number of nitrogens with two attached hydrogens (primary N) is 1. The molecule has 1 aromatic carbocycles. The van der Waals surface area contributed by atoms with Crippen LogP contribution in [0, 0.1) is 5.41 Å². The highest BCUT2D eigenvalue weighted by Crippen LogP contribution is 2.49. The molecule has 1 aliphatic rings. The van der Waals surface area contributed by atoms with Gasteiger partial charge in [-0.05, 0) is 13.3 Å². The summed E-state index contributed by atoms with van der Waals surface area (Å²) >= 11 is 0. The Labute approximate surface area is 161 Å². The molecule has 1 amide bonds. The quantitative estimate of drug-likeness (QED) is 0.604. The summed E-state index contributed by atoms with van der Waals surface area (Å²) in [5.74, 6) is 1.86. The first kappa shape index (κ1) is 21.3. The summed E-state index contributed by atoms with van der Waals surface area (Å²) in [5, 5.41) is 2.93. The van der Waals surface area contributed by atoms with Crippen molar-refractivity contribution in [1.29, 1.82) is 0 Å².